The number of unbranched alkanes of at least 4 members (excludes halogenated alkanes) is 5. The molecule has 0 saturated heterocycles. The lowest BCUT2D eigenvalue weighted by Crippen LogP contribution is -2.47. The smallest absolute Gasteiger partial charge is 0.195 e. The molecule has 0 aromatic carbocycles. The monoisotopic (exact) mass is 494 g/mol. The van der Waals surface area contributed by atoms with Gasteiger partial charge in [-0.3, -0.25) is 0 Å². The van der Waals surface area contributed by atoms with Gasteiger partial charge in [-0.05, 0) is 43.8 Å². The molecule has 4 heteroatoms. The molecule has 0 spiro atoms. The molecule has 0 radical (unpaired) electrons. The van der Waals surface area contributed by atoms with E-state index < -0.39 is 8.32 Å². The van der Waals surface area contributed by atoms with Crippen molar-refractivity contribution in [1.82, 2.24) is 0 Å². The Kier molecular flexibility index (Phi) is 11.6. The third kappa shape index (κ3) is 9.20. The Morgan fingerprint density at radius 1 is 1.12 bits per heavy atom. The standard InChI is InChI=1S/C22H43IO2Si/c1-7-8-9-10-11-15-18-20(23)21(24-19-16-13-12-14-17-19)25-26(5,6)22(2,3)4/h13,16,19-21H,7-12,14-15,17-18H2,1-6H3. The maximum absolute atomic E-state index is 6.74. The number of hydrogen-bond acceptors (Lipinski definition) is 2. The highest BCUT2D eigenvalue weighted by Gasteiger charge is 2.41. The van der Waals surface area contributed by atoms with Gasteiger partial charge < -0.3 is 9.16 Å². The molecule has 0 heterocycles. The van der Waals surface area contributed by atoms with Crippen LogP contribution in [0.1, 0.15) is 91.9 Å². The first-order chi connectivity index (χ1) is 12.2. The van der Waals surface area contributed by atoms with E-state index in [-0.39, 0.29) is 17.4 Å². The van der Waals surface area contributed by atoms with E-state index in [9.17, 15) is 0 Å². The van der Waals surface area contributed by atoms with Crippen LogP contribution in [0.15, 0.2) is 12.2 Å². The highest BCUT2D eigenvalue weighted by atomic mass is 127. The topological polar surface area (TPSA) is 18.5 Å². The molecule has 154 valence electrons. The van der Waals surface area contributed by atoms with Gasteiger partial charge in [0.2, 0.25) is 0 Å². The van der Waals surface area contributed by atoms with Crippen LogP contribution in [0.5, 0.6) is 0 Å². The summed E-state index contributed by atoms with van der Waals surface area (Å²) in [7, 11) is -1.83. The first-order valence-electron chi connectivity index (χ1n) is 10.8. The fourth-order valence-electron chi connectivity index (χ4n) is 2.98. The van der Waals surface area contributed by atoms with E-state index in [1.807, 2.05) is 0 Å². The van der Waals surface area contributed by atoms with Crippen molar-refractivity contribution in [2.75, 3.05) is 0 Å². The molecule has 0 N–H and O–H groups in total. The van der Waals surface area contributed by atoms with Crippen LogP contribution < -0.4 is 0 Å². The molecular weight excluding hydrogens is 451 g/mol. The average Bonchev–Trinajstić information content (AvgIpc) is 2.57. The Labute approximate surface area is 178 Å². The van der Waals surface area contributed by atoms with Crippen molar-refractivity contribution in [2.24, 2.45) is 0 Å². The fraction of sp³-hybridized carbons (Fsp3) is 0.909. The van der Waals surface area contributed by atoms with E-state index in [1.165, 1.54) is 57.8 Å². The second-order valence-electron chi connectivity index (χ2n) is 9.35. The summed E-state index contributed by atoms with van der Waals surface area (Å²) in [5, 5.41) is 0.216. The third-order valence-corrected chi connectivity index (χ3v) is 11.5. The molecule has 0 aromatic rings. The molecule has 0 bridgehead atoms. The summed E-state index contributed by atoms with van der Waals surface area (Å²) in [5.74, 6) is 0. The zero-order valence-electron chi connectivity index (χ0n) is 18.2. The van der Waals surface area contributed by atoms with Crippen molar-refractivity contribution in [3.05, 3.63) is 12.2 Å². The Hall–Kier alpha value is 0.607. The number of rotatable bonds is 12. The summed E-state index contributed by atoms with van der Waals surface area (Å²) in [6, 6.07) is 0. The van der Waals surface area contributed by atoms with Gasteiger partial charge in [-0.15, -0.1) is 0 Å². The molecule has 26 heavy (non-hydrogen) atoms. The molecule has 1 aliphatic rings. The van der Waals surface area contributed by atoms with Gasteiger partial charge in [0.15, 0.2) is 14.6 Å². The first-order valence-corrected chi connectivity index (χ1v) is 15.0. The van der Waals surface area contributed by atoms with E-state index >= 15 is 0 Å². The van der Waals surface area contributed by atoms with E-state index in [2.05, 4.69) is 75.5 Å². The van der Waals surface area contributed by atoms with Crippen LogP contribution in [0.4, 0.5) is 0 Å². The van der Waals surface area contributed by atoms with Crippen molar-refractivity contribution >= 4 is 30.9 Å². The Balaban J connectivity index is 2.60. The highest BCUT2D eigenvalue weighted by molar-refractivity contribution is 14.1. The zero-order valence-corrected chi connectivity index (χ0v) is 21.3. The van der Waals surface area contributed by atoms with Crippen LogP contribution >= 0.6 is 22.6 Å². The van der Waals surface area contributed by atoms with Gasteiger partial charge in [0, 0.05) is 0 Å². The first kappa shape index (κ1) is 24.6. The number of ether oxygens (including phenoxy) is 1. The van der Waals surface area contributed by atoms with Crippen molar-refractivity contribution in [3.63, 3.8) is 0 Å². The lowest BCUT2D eigenvalue weighted by molar-refractivity contribution is -0.113. The van der Waals surface area contributed by atoms with Gasteiger partial charge in [0.1, 0.15) is 0 Å². The van der Waals surface area contributed by atoms with Crippen LogP contribution in [0.3, 0.4) is 0 Å². The fourth-order valence-corrected chi connectivity index (χ4v) is 5.16. The van der Waals surface area contributed by atoms with Crippen molar-refractivity contribution in [3.8, 4) is 0 Å². The normalized spacial score (nSPS) is 21.0. The van der Waals surface area contributed by atoms with Crippen LogP contribution in [0.25, 0.3) is 0 Å². The third-order valence-electron chi connectivity index (χ3n) is 5.86. The van der Waals surface area contributed by atoms with Crippen molar-refractivity contribution in [2.45, 2.75) is 126 Å². The van der Waals surface area contributed by atoms with E-state index in [1.54, 1.807) is 0 Å². The average molecular weight is 495 g/mol. The Morgan fingerprint density at radius 2 is 1.77 bits per heavy atom. The number of halogens is 1. The number of hydrogen-bond donors (Lipinski definition) is 0. The van der Waals surface area contributed by atoms with Crippen LogP contribution in [0, 0.1) is 0 Å². The molecule has 2 nitrogen and oxygen atoms in total. The second kappa shape index (κ2) is 12.2. The molecule has 0 fully saturated rings. The highest BCUT2D eigenvalue weighted by Crippen LogP contribution is 2.39. The van der Waals surface area contributed by atoms with Gasteiger partial charge in [-0.2, -0.15) is 0 Å². The predicted octanol–water partition coefficient (Wildman–Crippen LogP) is 8.01. The lowest BCUT2D eigenvalue weighted by Gasteiger charge is -2.41. The molecule has 0 aromatic heterocycles. The van der Waals surface area contributed by atoms with Crippen LogP contribution in [-0.2, 0) is 9.16 Å². The van der Waals surface area contributed by atoms with Gasteiger partial charge in [0.25, 0.3) is 0 Å². The summed E-state index contributed by atoms with van der Waals surface area (Å²) in [5.41, 5.74) is 0. The number of allylic oxidation sites excluding steroid dienone is 1. The zero-order chi connectivity index (χ0) is 19.6. The Morgan fingerprint density at radius 3 is 2.35 bits per heavy atom. The second-order valence-corrected chi connectivity index (χ2v) is 15.7. The summed E-state index contributed by atoms with van der Waals surface area (Å²) in [4.78, 5) is 0. The molecule has 0 saturated carbocycles. The predicted molar refractivity (Wildman–Crippen MR) is 126 cm³/mol. The quantitative estimate of drug-likeness (QED) is 0.0683. The minimum absolute atomic E-state index is 0.0696. The van der Waals surface area contributed by atoms with Gasteiger partial charge in [-0.25, -0.2) is 0 Å². The van der Waals surface area contributed by atoms with E-state index in [0.717, 1.165) is 6.42 Å². The summed E-state index contributed by atoms with van der Waals surface area (Å²) < 4.78 is 13.7. The largest absolute Gasteiger partial charge is 0.391 e. The van der Waals surface area contributed by atoms with Gasteiger partial charge >= 0.3 is 0 Å². The summed E-state index contributed by atoms with van der Waals surface area (Å²) >= 11 is 2.58. The molecule has 3 unspecified atom stereocenters. The summed E-state index contributed by atoms with van der Waals surface area (Å²) in [6.45, 7) is 13.9. The van der Waals surface area contributed by atoms with Gasteiger partial charge in [-0.1, -0.05) is 101 Å². The minimum atomic E-state index is -1.83. The molecule has 0 amide bonds. The summed E-state index contributed by atoms with van der Waals surface area (Å²) in [6.07, 6.45) is 17.5. The van der Waals surface area contributed by atoms with Crippen molar-refractivity contribution < 1.29 is 9.16 Å². The molecule has 3 atom stereocenters. The molecule has 1 rings (SSSR count). The minimum Gasteiger partial charge on any atom is -0.391 e. The lowest BCUT2D eigenvalue weighted by atomic mass is 10.1. The van der Waals surface area contributed by atoms with E-state index in [0.29, 0.717) is 3.92 Å². The maximum Gasteiger partial charge on any atom is 0.195 e. The van der Waals surface area contributed by atoms with E-state index in [4.69, 9.17) is 9.16 Å². The van der Waals surface area contributed by atoms with Gasteiger partial charge in [0.05, 0.1) is 10.0 Å². The van der Waals surface area contributed by atoms with Crippen LogP contribution in [-0.4, -0.2) is 24.6 Å². The van der Waals surface area contributed by atoms with Crippen molar-refractivity contribution in [1.29, 1.82) is 0 Å². The van der Waals surface area contributed by atoms with Crippen LogP contribution in [0.2, 0.25) is 18.1 Å². The SMILES string of the molecule is CCCCCCCCC(I)C(OC1C=CCCC1)O[Si](C)(C)C(C)(C)C. The molecule has 0 aliphatic heterocycles. The molecule has 1 aliphatic carbocycles. The maximum atomic E-state index is 6.74. The Bertz CT molecular complexity index is 403. The number of alkyl halides is 1. The molecular formula is C22H43IO2Si.